The van der Waals surface area contributed by atoms with E-state index in [1.807, 2.05) is 54.6 Å². The van der Waals surface area contributed by atoms with Gasteiger partial charge in [0, 0.05) is 6.04 Å². The molecule has 0 saturated heterocycles. The van der Waals surface area contributed by atoms with Gasteiger partial charge in [-0.1, -0.05) is 61.5 Å². The number of amides is 1. The Hall–Kier alpha value is -3.87. The number of carbonyl (C=O) groups is 3. The molecule has 0 aliphatic carbocycles. The van der Waals surface area contributed by atoms with Crippen LogP contribution in [0.4, 0.5) is 0 Å². The van der Waals surface area contributed by atoms with E-state index in [1.165, 1.54) is 12.1 Å². The summed E-state index contributed by atoms with van der Waals surface area (Å²) in [5, 5.41) is 21.0. The van der Waals surface area contributed by atoms with Crippen molar-refractivity contribution in [1.82, 2.24) is 5.32 Å². The third-order valence-corrected chi connectivity index (χ3v) is 5.15. The molecule has 1 aromatic heterocycles. The number of carboxylic acids is 2. The molecule has 166 valence electrons. The number of carbonyl (C=O) groups excluding carboxylic acids is 1. The van der Waals surface area contributed by atoms with Crippen molar-refractivity contribution < 1.29 is 29.0 Å². The lowest BCUT2D eigenvalue weighted by molar-refractivity contribution is -0.141. The molecular weight excluding hydrogens is 410 g/mol. The first-order chi connectivity index (χ1) is 15.3. The molecule has 7 nitrogen and oxygen atoms in total. The SMILES string of the molecule is C[C@H](C[C@@H](Cc1ccc(-c2ccccc2)cc1)NC(=O)c1ccc(CC(=O)O)o1)C(=O)O. The lowest BCUT2D eigenvalue weighted by Gasteiger charge is -2.20. The van der Waals surface area contributed by atoms with Crippen molar-refractivity contribution in [3.05, 3.63) is 83.8 Å². The number of furan rings is 1. The van der Waals surface area contributed by atoms with Crippen molar-refractivity contribution in [2.45, 2.75) is 32.2 Å². The van der Waals surface area contributed by atoms with Crippen LogP contribution in [0.15, 0.2) is 71.1 Å². The van der Waals surface area contributed by atoms with Crippen molar-refractivity contribution in [2.24, 2.45) is 5.92 Å². The number of aliphatic carboxylic acids is 2. The zero-order valence-corrected chi connectivity index (χ0v) is 17.7. The van der Waals surface area contributed by atoms with E-state index in [2.05, 4.69) is 5.32 Å². The molecule has 0 aliphatic rings. The predicted molar refractivity (Wildman–Crippen MR) is 118 cm³/mol. The van der Waals surface area contributed by atoms with Crippen molar-refractivity contribution in [2.75, 3.05) is 0 Å². The van der Waals surface area contributed by atoms with Gasteiger partial charge < -0.3 is 19.9 Å². The number of nitrogens with one attached hydrogen (secondary N) is 1. The normalized spacial score (nSPS) is 12.7. The molecular formula is C25H25NO6. The van der Waals surface area contributed by atoms with Gasteiger partial charge in [-0.25, -0.2) is 0 Å². The molecule has 0 spiro atoms. The second-order valence-corrected chi connectivity index (χ2v) is 7.75. The molecule has 0 unspecified atom stereocenters. The van der Waals surface area contributed by atoms with Crippen LogP contribution in [0.25, 0.3) is 11.1 Å². The number of benzene rings is 2. The van der Waals surface area contributed by atoms with Crippen LogP contribution in [-0.2, 0) is 22.4 Å². The summed E-state index contributed by atoms with van der Waals surface area (Å²) in [6.07, 6.45) is 0.367. The average molecular weight is 435 g/mol. The molecule has 3 N–H and O–H groups in total. The van der Waals surface area contributed by atoms with Crippen molar-refractivity contribution in [3.8, 4) is 11.1 Å². The lowest BCUT2D eigenvalue weighted by Crippen LogP contribution is -2.38. The van der Waals surface area contributed by atoms with E-state index in [0.29, 0.717) is 6.42 Å². The molecule has 3 rings (SSSR count). The van der Waals surface area contributed by atoms with Gasteiger partial charge in [0.2, 0.25) is 0 Å². The molecule has 0 bridgehead atoms. The minimum absolute atomic E-state index is 0.00588. The Morgan fingerprint density at radius 2 is 1.56 bits per heavy atom. The molecule has 3 aromatic rings. The van der Waals surface area contributed by atoms with Gasteiger partial charge >= 0.3 is 11.9 Å². The smallest absolute Gasteiger partial charge is 0.311 e. The third kappa shape index (κ3) is 6.31. The van der Waals surface area contributed by atoms with Gasteiger partial charge in [-0.15, -0.1) is 0 Å². The Kier molecular flexibility index (Phi) is 7.44. The van der Waals surface area contributed by atoms with Gasteiger partial charge in [0.25, 0.3) is 5.91 Å². The van der Waals surface area contributed by atoms with Crippen molar-refractivity contribution in [3.63, 3.8) is 0 Å². The summed E-state index contributed by atoms with van der Waals surface area (Å²) in [6.45, 7) is 1.60. The van der Waals surface area contributed by atoms with E-state index in [1.54, 1.807) is 6.92 Å². The zero-order chi connectivity index (χ0) is 23.1. The molecule has 0 fully saturated rings. The molecule has 2 aromatic carbocycles. The van der Waals surface area contributed by atoms with E-state index in [-0.39, 0.29) is 24.4 Å². The average Bonchev–Trinajstić information content (AvgIpc) is 3.22. The van der Waals surface area contributed by atoms with Crippen LogP contribution in [0, 0.1) is 5.92 Å². The molecule has 7 heteroatoms. The van der Waals surface area contributed by atoms with Gasteiger partial charge in [0.1, 0.15) is 12.2 Å². The summed E-state index contributed by atoms with van der Waals surface area (Å²) in [5.74, 6) is -2.99. The van der Waals surface area contributed by atoms with E-state index in [0.717, 1.165) is 16.7 Å². The number of hydrogen-bond donors (Lipinski definition) is 3. The first-order valence-corrected chi connectivity index (χ1v) is 10.3. The highest BCUT2D eigenvalue weighted by Gasteiger charge is 2.22. The Labute approximate surface area is 185 Å². The van der Waals surface area contributed by atoms with E-state index >= 15 is 0 Å². The van der Waals surface area contributed by atoms with Gasteiger partial charge in [0.15, 0.2) is 5.76 Å². The number of rotatable bonds is 10. The fraction of sp³-hybridized carbons (Fsp3) is 0.240. The summed E-state index contributed by atoms with van der Waals surface area (Å²) in [7, 11) is 0. The minimum Gasteiger partial charge on any atom is -0.481 e. The topological polar surface area (TPSA) is 117 Å². The van der Waals surface area contributed by atoms with Gasteiger partial charge in [-0.05, 0) is 41.7 Å². The fourth-order valence-corrected chi connectivity index (χ4v) is 3.47. The third-order valence-electron chi connectivity index (χ3n) is 5.15. The molecule has 2 atom stereocenters. The summed E-state index contributed by atoms with van der Waals surface area (Å²) in [5.41, 5.74) is 3.12. The monoisotopic (exact) mass is 435 g/mol. The minimum atomic E-state index is -1.06. The van der Waals surface area contributed by atoms with Gasteiger partial charge in [-0.3, -0.25) is 14.4 Å². The van der Waals surface area contributed by atoms with Crippen LogP contribution in [0.3, 0.4) is 0 Å². The first kappa shape index (κ1) is 22.8. The second kappa shape index (κ2) is 10.4. The van der Waals surface area contributed by atoms with Crippen molar-refractivity contribution in [1.29, 1.82) is 0 Å². The Morgan fingerprint density at radius 1 is 0.906 bits per heavy atom. The van der Waals surface area contributed by atoms with Crippen LogP contribution in [-0.4, -0.2) is 34.1 Å². The molecule has 1 heterocycles. The quantitative estimate of drug-likeness (QED) is 0.443. The van der Waals surface area contributed by atoms with Crippen LogP contribution in [0.2, 0.25) is 0 Å². The summed E-state index contributed by atoms with van der Waals surface area (Å²) in [6, 6.07) is 20.3. The number of hydrogen-bond acceptors (Lipinski definition) is 4. The summed E-state index contributed by atoms with van der Waals surface area (Å²) in [4.78, 5) is 34.8. The largest absolute Gasteiger partial charge is 0.481 e. The van der Waals surface area contributed by atoms with Gasteiger partial charge in [-0.2, -0.15) is 0 Å². The van der Waals surface area contributed by atoms with Crippen LogP contribution < -0.4 is 5.32 Å². The zero-order valence-electron chi connectivity index (χ0n) is 17.7. The van der Waals surface area contributed by atoms with Crippen molar-refractivity contribution >= 4 is 17.8 Å². The fourth-order valence-electron chi connectivity index (χ4n) is 3.47. The van der Waals surface area contributed by atoms with Crippen LogP contribution in [0.1, 0.15) is 35.2 Å². The summed E-state index contributed by atoms with van der Waals surface area (Å²) < 4.78 is 5.32. The molecule has 1 amide bonds. The molecule has 0 saturated carbocycles. The van der Waals surface area contributed by atoms with E-state index in [4.69, 9.17) is 9.52 Å². The van der Waals surface area contributed by atoms with Gasteiger partial charge in [0.05, 0.1) is 5.92 Å². The summed E-state index contributed by atoms with van der Waals surface area (Å²) >= 11 is 0. The first-order valence-electron chi connectivity index (χ1n) is 10.3. The molecule has 32 heavy (non-hydrogen) atoms. The van der Waals surface area contributed by atoms with E-state index in [9.17, 15) is 19.5 Å². The standard InChI is InChI=1S/C25H25NO6/c1-16(25(30)31)13-20(26-24(29)22-12-11-21(32-22)15-23(27)28)14-17-7-9-19(10-8-17)18-5-3-2-4-6-18/h2-12,16,20H,13-15H2,1H3,(H,26,29)(H,27,28)(H,30,31)/t16-,20+/m1/s1. The highest BCUT2D eigenvalue weighted by molar-refractivity contribution is 5.91. The Bertz CT molecular complexity index is 1070. The number of carboxylic acid groups (broad SMARTS) is 2. The van der Waals surface area contributed by atoms with Crippen LogP contribution in [0.5, 0.6) is 0 Å². The van der Waals surface area contributed by atoms with Crippen LogP contribution >= 0.6 is 0 Å². The van der Waals surface area contributed by atoms with E-state index < -0.39 is 29.8 Å². The maximum atomic E-state index is 12.6. The molecule has 0 radical (unpaired) electrons. The highest BCUT2D eigenvalue weighted by Crippen LogP contribution is 2.21. The Balaban J connectivity index is 1.72. The predicted octanol–water partition coefficient (Wildman–Crippen LogP) is 4.03. The highest BCUT2D eigenvalue weighted by atomic mass is 16.4. The molecule has 0 aliphatic heterocycles. The maximum absolute atomic E-state index is 12.6. The Morgan fingerprint density at radius 3 is 2.19 bits per heavy atom. The second-order valence-electron chi connectivity index (χ2n) is 7.75. The lowest BCUT2D eigenvalue weighted by atomic mass is 9.95. The maximum Gasteiger partial charge on any atom is 0.311 e.